The number of thioether (sulfide) groups is 1. The van der Waals surface area contributed by atoms with Crippen LogP contribution in [0.2, 0.25) is 5.02 Å². The summed E-state index contributed by atoms with van der Waals surface area (Å²) < 4.78 is 12.4. The van der Waals surface area contributed by atoms with Gasteiger partial charge in [0, 0.05) is 4.47 Å². The van der Waals surface area contributed by atoms with Crippen molar-refractivity contribution in [3.63, 3.8) is 0 Å². The van der Waals surface area contributed by atoms with Gasteiger partial charge in [-0.15, -0.1) is 0 Å². The fourth-order valence-electron chi connectivity index (χ4n) is 3.44. The van der Waals surface area contributed by atoms with Crippen LogP contribution < -0.4 is 9.47 Å². The zero-order chi connectivity index (χ0) is 24.2. The van der Waals surface area contributed by atoms with Crippen LogP contribution in [-0.4, -0.2) is 23.2 Å². The summed E-state index contributed by atoms with van der Waals surface area (Å²) >= 11 is 10.8. The first-order chi connectivity index (χ1) is 16.4. The Labute approximate surface area is 215 Å². The first-order valence-corrected chi connectivity index (χ1v) is 12.4. The van der Waals surface area contributed by atoms with Gasteiger partial charge in [-0.2, -0.15) is 0 Å². The van der Waals surface area contributed by atoms with Crippen LogP contribution >= 0.6 is 39.3 Å². The Bertz CT molecular complexity index is 1280. The predicted octanol–water partition coefficient (Wildman–Crippen LogP) is 7.24. The minimum atomic E-state index is -0.330. The Balaban J connectivity index is 1.53. The Morgan fingerprint density at radius 2 is 1.82 bits per heavy atom. The molecule has 174 valence electrons. The van der Waals surface area contributed by atoms with Gasteiger partial charge in [-0.3, -0.25) is 14.5 Å². The van der Waals surface area contributed by atoms with E-state index in [0.29, 0.717) is 33.6 Å². The van der Waals surface area contributed by atoms with Gasteiger partial charge in [-0.1, -0.05) is 63.9 Å². The summed E-state index contributed by atoms with van der Waals surface area (Å²) in [4.78, 5) is 27.1. The predicted molar refractivity (Wildman–Crippen MR) is 139 cm³/mol. The number of rotatable bonds is 7. The van der Waals surface area contributed by atoms with Crippen LogP contribution in [0.1, 0.15) is 22.3 Å². The van der Waals surface area contributed by atoms with Crippen molar-refractivity contribution in [3.05, 3.63) is 97.3 Å². The first kappa shape index (κ1) is 24.4. The van der Waals surface area contributed by atoms with Crippen LogP contribution in [0, 0.1) is 6.92 Å². The number of halogens is 2. The number of ether oxygens (including phenoxy) is 2. The molecule has 0 spiro atoms. The van der Waals surface area contributed by atoms with E-state index in [2.05, 4.69) is 15.9 Å². The average Bonchev–Trinajstić information content (AvgIpc) is 3.07. The van der Waals surface area contributed by atoms with Gasteiger partial charge in [-0.05, 0) is 71.3 Å². The Morgan fingerprint density at radius 3 is 2.53 bits per heavy atom. The highest BCUT2D eigenvalue weighted by Gasteiger charge is 2.35. The van der Waals surface area contributed by atoms with Gasteiger partial charge in [0.05, 0.1) is 23.6 Å². The summed E-state index contributed by atoms with van der Waals surface area (Å²) in [7, 11) is 1.53. The highest BCUT2D eigenvalue weighted by molar-refractivity contribution is 9.10. The lowest BCUT2D eigenvalue weighted by Crippen LogP contribution is -2.27. The second kappa shape index (κ2) is 10.7. The second-order valence-corrected chi connectivity index (χ2v) is 9.96. The molecule has 0 unspecified atom stereocenters. The topological polar surface area (TPSA) is 55.8 Å². The number of aryl methyl sites for hydroxylation is 1. The fraction of sp³-hybridized carbons (Fsp3) is 0.154. The average molecular weight is 559 g/mol. The van der Waals surface area contributed by atoms with Crippen LogP contribution in [0.5, 0.6) is 11.5 Å². The molecular weight excluding hydrogens is 538 g/mol. The third-order valence-electron chi connectivity index (χ3n) is 5.31. The number of hydrogen-bond donors (Lipinski definition) is 0. The number of amides is 2. The quantitative estimate of drug-likeness (QED) is 0.286. The Hall–Kier alpha value is -2.74. The van der Waals surface area contributed by atoms with E-state index in [1.165, 1.54) is 12.0 Å². The summed E-state index contributed by atoms with van der Waals surface area (Å²) in [6, 6.07) is 18.9. The highest BCUT2D eigenvalue weighted by Crippen LogP contribution is 2.39. The number of carbonyl (C=O) groups excluding carboxylic acids is 2. The standard InChI is InChI=1S/C26H21BrClNO4S/c1-16-5-3-4-6-19(16)14-29-25(30)23(34-26(29)31)13-18-11-21(28)24(22(12-18)32-2)33-15-17-7-9-20(27)10-8-17/h3-13H,14-15H2,1-2H3/b23-13-. The van der Waals surface area contributed by atoms with Crippen LogP contribution in [0.3, 0.4) is 0 Å². The minimum Gasteiger partial charge on any atom is -0.493 e. The van der Waals surface area contributed by atoms with Crippen LogP contribution in [0.15, 0.2) is 70.0 Å². The van der Waals surface area contributed by atoms with Crippen LogP contribution in [0.4, 0.5) is 4.79 Å². The van der Waals surface area contributed by atoms with Gasteiger partial charge in [-0.25, -0.2) is 0 Å². The molecule has 1 fully saturated rings. The van der Waals surface area contributed by atoms with Gasteiger partial charge >= 0.3 is 0 Å². The molecule has 1 aliphatic heterocycles. The Morgan fingerprint density at radius 1 is 1.09 bits per heavy atom. The van der Waals surface area contributed by atoms with E-state index < -0.39 is 0 Å². The molecule has 4 rings (SSSR count). The van der Waals surface area contributed by atoms with Crippen molar-refractivity contribution in [2.24, 2.45) is 0 Å². The molecule has 3 aromatic carbocycles. The molecule has 8 heteroatoms. The second-order valence-electron chi connectivity index (χ2n) is 7.64. The number of nitrogens with zero attached hydrogens (tertiary/aromatic N) is 1. The maximum Gasteiger partial charge on any atom is 0.293 e. The number of imide groups is 1. The number of carbonyl (C=O) groups is 2. The molecule has 34 heavy (non-hydrogen) atoms. The Kier molecular flexibility index (Phi) is 7.66. The molecule has 1 saturated heterocycles. The molecule has 0 aliphatic carbocycles. The monoisotopic (exact) mass is 557 g/mol. The molecule has 5 nitrogen and oxygen atoms in total. The first-order valence-electron chi connectivity index (χ1n) is 10.4. The van der Waals surface area contributed by atoms with Gasteiger partial charge in [0.1, 0.15) is 6.61 Å². The molecule has 3 aromatic rings. The van der Waals surface area contributed by atoms with Gasteiger partial charge in [0.15, 0.2) is 11.5 Å². The zero-order valence-electron chi connectivity index (χ0n) is 18.5. The maximum atomic E-state index is 12.9. The smallest absolute Gasteiger partial charge is 0.293 e. The largest absolute Gasteiger partial charge is 0.493 e. The number of methoxy groups -OCH3 is 1. The third-order valence-corrected chi connectivity index (χ3v) is 7.03. The van der Waals surface area contributed by atoms with Crippen molar-refractivity contribution >= 4 is 56.5 Å². The number of hydrogen-bond acceptors (Lipinski definition) is 5. The van der Waals surface area contributed by atoms with Crippen molar-refractivity contribution in [2.45, 2.75) is 20.1 Å². The third kappa shape index (κ3) is 5.49. The molecular formula is C26H21BrClNO4S. The van der Waals surface area contributed by atoms with E-state index in [9.17, 15) is 9.59 Å². The lowest BCUT2D eigenvalue weighted by atomic mass is 10.1. The van der Waals surface area contributed by atoms with Crippen molar-refractivity contribution in [1.29, 1.82) is 0 Å². The lowest BCUT2D eigenvalue weighted by Gasteiger charge is -2.14. The number of benzene rings is 3. The maximum absolute atomic E-state index is 12.9. The van der Waals surface area contributed by atoms with E-state index in [1.807, 2.05) is 55.5 Å². The normalized spacial score (nSPS) is 14.7. The van der Waals surface area contributed by atoms with E-state index in [-0.39, 0.29) is 17.7 Å². The van der Waals surface area contributed by atoms with Crippen LogP contribution in [0.25, 0.3) is 6.08 Å². The molecule has 1 aliphatic rings. The zero-order valence-corrected chi connectivity index (χ0v) is 21.7. The fourth-order valence-corrected chi connectivity index (χ4v) is 4.82. The van der Waals surface area contributed by atoms with Gasteiger partial charge in [0.2, 0.25) is 0 Å². The molecule has 0 bridgehead atoms. The summed E-state index contributed by atoms with van der Waals surface area (Å²) in [5.74, 6) is 0.524. The van der Waals surface area contributed by atoms with Gasteiger partial charge < -0.3 is 9.47 Å². The summed E-state index contributed by atoms with van der Waals surface area (Å²) in [6.07, 6.45) is 1.65. The molecule has 0 saturated carbocycles. The molecule has 0 N–H and O–H groups in total. The molecule has 0 atom stereocenters. The molecule has 0 radical (unpaired) electrons. The van der Waals surface area contributed by atoms with E-state index in [4.69, 9.17) is 21.1 Å². The van der Waals surface area contributed by atoms with E-state index in [0.717, 1.165) is 32.9 Å². The van der Waals surface area contributed by atoms with E-state index in [1.54, 1.807) is 18.2 Å². The molecule has 1 heterocycles. The SMILES string of the molecule is COc1cc(/C=C2\SC(=O)N(Cc3ccccc3C)C2=O)cc(Cl)c1OCc1ccc(Br)cc1. The lowest BCUT2D eigenvalue weighted by molar-refractivity contribution is -0.123. The van der Waals surface area contributed by atoms with Gasteiger partial charge in [0.25, 0.3) is 11.1 Å². The highest BCUT2D eigenvalue weighted by atomic mass is 79.9. The molecule has 2 amide bonds. The van der Waals surface area contributed by atoms with Crippen molar-refractivity contribution in [1.82, 2.24) is 4.90 Å². The van der Waals surface area contributed by atoms with Crippen LogP contribution in [-0.2, 0) is 17.9 Å². The summed E-state index contributed by atoms with van der Waals surface area (Å²) in [5.41, 5.74) is 3.58. The minimum absolute atomic E-state index is 0.238. The molecule has 0 aromatic heterocycles. The van der Waals surface area contributed by atoms with Crippen molar-refractivity contribution in [3.8, 4) is 11.5 Å². The van der Waals surface area contributed by atoms with E-state index >= 15 is 0 Å². The van der Waals surface area contributed by atoms with Crippen molar-refractivity contribution < 1.29 is 19.1 Å². The summed E-state index contributed by atoms with van der Waals surface area (Å²) in [6.45, 7) is 2.51. The van der Waals surface area contributed by atoms with Crippen molar-refractivity contribution in [2.75, 3.05) is 7.11 Å². The summed E-state index contributed by atoms with van der Waals surface area (Å²) in [5, 5.41) is 0.0499.